The van der Waals surface area contributed by atoms with Crippen LogP contribution in [0.1, 0.15) is 71.9 Å². The highest BCUT2D eigenvalue weighted by molar-refractivity contribution is 5.87. The van der Waals surface area contributed by atoms with E-state index in [1.54, 1.807) is 11.1 Å². The summed E-state index contributed by atoms with van der Waals surface area (Å²) < 4.78 is 5.64. The zero-order chi connectivity index (χ0) is 18.4. The smallest absolute Gasteiger partial charge is 0.416 e. The number of ether oxygens (including phenoxy) is 1. The monoisotopic (exact) mass is 347 g/mol. The summed E-state index contributed by atoms with van der Waals surface area (Å²) in [5.74, 6) is 0.754. The highest BCUT2D eigenvalue weighted by Gasteiger charge is 2.30. The predicted molar refractivity (Wildman–Crippen MR) is 102 cm³/mol. The van der Waals surface area contributed by atoms with E-state index in [1.165, 1.54) is 12.8 Å². The number of hydrogen-bond donors (Lipinski definition) is 0. The lowest BCUT2D eigenvalue weighted by molar-refractivity contribution is 0.0578. The lowest BCUT2D eigenvalue weighted by Crippen LogP contribution is -2.40. The highest BCUT2D eigenvalue weighted by atomic mass is 16.6. The molecule has 5 nitrogen and oxygen atoms in total. The van der Waals surface area contributed by atoms with Gasteiger partial charge in [-0.25, -0.2) is 9.78 Å². The molecule has 1 aromatic rings. The van der Waals surface area contributed by atoms with Crippen molar-refractivity contribution in [1.29, 1.82) is 0 Å². The molecule has 1 atom stereocenters. The number of likely N-dealkylation sites (tertiary alicyclic amines) is 1. The van der Waals surface area contributed by atoms with Gasteiger partial charge in [0.15, 0.2) is 0 Å². The predicted octanol–water partition coefficient (Wildman–Crippen LogP) is 4.78. The molecule has 0 aliphatic carbocycles. The van der Waals surface area contributed by atoms with E-state index in [1.807, 2.05) is 26.8 Å². The van der Waals surface area contributed by atoms with E-state index in [0.29, 0.717) is 12.6 Å². The van der Waals surface area contributed by atoms with Crippen LogP contribution in [0.2, 0.25) is 0 Å². The van der Waals surface area contributed by atoms with E-state index >= 15 is 0 Å². The van der Waals surface area contributed by atoms with Gasteiger partial charge in [0.25, 0.3) is 0 Å². The van der Waals surface area contributed by atoms with Gasteiger partial charge in [-0.3, -0.25) is 9.80 Å². The lowest BCUT2D eigenvalue weighted by atomic mass is 9.95. The summed E-state index contributed by atoms with van der Waals surface area (Å²) in [6, 6.07) is 4.42. The molecule has 0 N–H and O–H groups in total. The van der Waals surface area contributed by atoms with Gasteiger partial charge in [0.05, 0.1) is 0 Å². The van der Waals surface area contributed by atoms with E-state index in [-0.39, 0.29) is 6.09 Å². The fraction of sp³-hybridized carbons (Fsp3) is 0.700. The van der Waals surface area contributed by atoms with Crippen molar-refractivity contribution in [3.63, 3.8) is 0 Å². The molecule has 0 radical (unpaired) electrons. The average Bonchev–Trinajstić information content (AvgIpc) is 2.58. The Kier molecular flexibility index (Phi) is 6.82. The quantitative estimate of drug-likeness (QED) is 0.769. The molecule has 5 heteroatoms. The number of carbonyl (C=O) groups excluding carboxylic acids is 1. The Morgan fingerprint density at radius 2 is 2.12 bits per heavy atom. The van der Waals surface area contributed by atoms with Gasteiger partial charge in [0, 0.05) is 24.3 Å². The molecule has 0 saturated carbocycles. The molecule has 1 saturated heterocycles. The van der Waals surface area contributed by atoms with Gasteiger partial charge in [-0.05, 0) is 59.2 Å². The SMILES string of the molecule is CCCN(C(=O)OC(C)(C)C)c1ncccc1[C@H]1CCCCN1CC. The number of amides is 1. The number of nitrogens with zero attached hydrogens (tertiary/aromatic N) is 3. The first-order valence-electron chi connectivity index (χ1n) is 9.56. The molecule has 1 aromatic heterocycles. The summed E-state index contributed by atoms with van der Waals surface area (Å²) in [4.78, 5) is 21.6. The number of hydrogen-bond acceptors (Lipinski definition) is 4. The Hall–Kier alpha value is -1.62. The summed E-state index contributed by atoms with van der Waals surface area (Å²) in [7, 11) is 0. The normalized spacial score (nSPS) is 18.8. The van der Waals surface area contributed by atoms with Gasteiger partial charge in [-0.1, -0.05) is 26.3 Å². The van der Waals surface area contributed by atoms with Crippen molar-refractivity contribution in [2.24, 2.45) is 0 Å². The summed E-state index contributed by atoms with van der Waals surface area (Å²) in [6.07, 6.45) is 5.89. The minimum absolute atomic E-state index is 0.312. The second-order valence-corrected chi connectivity index (χ2v) is 7.69. The molecule has 0 unspecified atom stereocenters. The first kappa shape index (κ1) is 19.7. The van der Waals surface area contributed by atoms with Gasteiger partial charge >= 0.3 is 6.09 Å². The van der Waals surface area contributed by atoms with Crippen LogP contribution in [-0.4, -0.2) is 41.2 Å². The number of piperidine rings is 1. The fourth-order valence-electron chi connectivity index (χ4n) is 3.44. The van der Waals surface area contributed by atoms with E-state index < -0.39 is 5.60 Å². The molecule has 1 amide bonds. The number of rotatable bonds is 5. The Bertz CT molecular complexity index is 568. The van der Waals surface area contributed by atoms with Crippen LogP contribution < -0.4 is 4.90 Å². The minimum atomic E-state index is -0.516. The first-order valence-corrected chi connectivity index (χ1v) is 9.56. The van der Waals surface area contributed by atoms with Gasteiger partial charge in [-0.2, -0.15) is 0 Å². The molecule has 25 heavy (non-hydrogen) atoms. The summed E-state index contributed by atoms with van der Waals surface area (Å²) >= 11 is 0. The van der Waals surface area contributed by atoms with Crippen LogP contribution in [0, 0.1) is 0 Å². The maximum atomic E-state index is 12.8. The maximum Gasteiger partial charge on any atom is 0.416 e. The molecule has 1 aliphatic rings. The standard InChI is InChI=1S/C20H33N3O2/c1-6-14-23(19(24)25-20(3,4)5)18-16(11-10-13-21-18)17-12-8-9-15-22(17)7-2/h10-11,13,17H,6-9,12,14-15H2,1-5H3/t17-/m1/s1. The fourth-order valence-corrected chi connectivity index (χ4v) is 3.44. The lowest BCUT2D eigenvalue weighted by Gasteiger charge is -2.37. The molecular formula is C20H33N3O2. The van der Waals surface area contributed by atoms with E-state index in [0.717, 1.165) is 37.3 Å². The van der Waals surface area contributed by atoms with Crippen molar-refractivity contribution in [3.8, 4) is 0 Å². The number of anilines is 1. The van der Waals surface area contributed by atoms with Crippen molar-refractivity contribution in [3.05, 3.63) is 23.9 Å². The average molecular weight is 348 g/mol. The molecule has 0 aromatic carbocycles. The number of carbonyl (C=O) groups is 1. The molecule has 0 bridgehead atoms. The van der Waals surface area contributed by atoms with Gasteiger partial charge in [0.2, 0.25) is 0 Å². The molecular weight excluding hydrogens is 314 g/mol. The Morgan fingerprint density at radius 1 is 1.36 bits per heavy atom. The third-order valence-electron chi connectivity index (χ3n) is 4.51. The Balaban J connectivity index is 2.36. The summed E-state index contributed by atoms with van der Waals surface area (Å²) in [5, 5.41) is 0. The van der Waals surface area contributed by atoms with Crippen molar-refractivity contribution < 1.29 is 9.53 Å². The zero-order valence-corrected chi connectivity index (χ0v) is 16.4. The maximum absolute atomic E-state index is 12.8. The molecule has 140 valence electrons. The molecule has 1 fully saturated rings. The van der Waals surface area contributed by atoms with Crippen LogP contribution in [0.15, 0.2) is 18.3 Å². The summed E-state index contributed by atoms with van der Waals surface area (Å²) in [6.45, 7) is 12.7. The number of aromatic nitrogens is 1. The van der Waals surface area contributed by atoms with Crippen molar-refractivity contribution >= 4 is 11.9 Å². The van der Waals surface area contributed by atoms with Crippen molar-refractivity contribution in [1.82, 2.24) is 9.88 Å². The number of pyridine rings is 1. The van der Waals surface area contributed by atoms with Gasteiger partial charge in [-0.15, -0.1) is 0 Å². The van der Waals surface area contributed by atoms with Crippen molar-refractivity contribution in [2.75, 3.05) is 24.5 Å². The molecule has 1 aliphatic heterocycles. The van der Waals surface area contributed by atoms with E-state index in [9.17, 15) is 4.79 Å². The van der Waals surface area contributed by atoms with Crippen LogP contribution in [-0.2, 0) is 4.74 Å². The second kappa shape index (κ2) is 8.65. The largest absolute Gasteiger partial charge is 0.443 e. The molecule has 2 heterocycles. The van der Waals surface area contributed by atoms with Crippen LogP contribution in [0.5, 0.6) is 0 Å². The first-order chi connectivity index (χ1) is 11.9. The minimum Gasteiger partial charge on any atom is -0.443 e. The van der Waals surface area contributed by atoms with Crippen molar-refractivity contribution in [2.45, 2.75) is 71.9 Å². The van der Waals surface area contributed by atoms with E-state index in [2.05, 4.69) is 29.8 Å². The van der Waals surface area contributed by atoms with Crippen LogP contribution in [0.25, 0.3) is 0 Å². The Labute approximate surface area is 152 Å². The van der Waals surface area contributed by atoms with Crippen LogP contribution >= 0.6 is 0 Å². The summed E-state index contributed by atoms with van der Waals surface area (Å²) in [5.41, 5.74) is 0.626. The second-order valence-electron chi connectivity index (χ2n) is 7.69. The topological polar surface area (TPSA) is 45.7 Å². The van der Waals surface area contributed by atoms with Gasteiger partial charge in [0.1, 0.15) is 11.4 Å². The molecule has 2 rings (SSSR count). The van der Waals surface area contributed by atoms with Crippen LogP contribution in [0.4, 0.5) is 10.6 Å². The third-order valence-corrected chi connectivity index (χ3v) is 4.51. The Morgan fingerprint density at radius 3 is 2.76 bits per heavy atom. The van der Waals surface area contributed by atoms with Crippen LogP contribution in [0.3, 0.4) is 0 Å². The zero-order valence-electron chi connectivity index (χ0n) is 16.4. The highest BCUT2D eigenvalue weighted by Crippen LogP contribution is 2.35. The molecule has 0 spiro atoms. The third kappa shape index (κ3) is 5.18. The van der Waals surface area contributed by atoms with Gasteiger partial charge < -0.3 is 4.74 Å². The van der Waals surface area contributed by atoms with E-state index in [4.69, 9.17) is 4.74 Å².